The second-order valence-electron chi connectivity index (χ2n) is 7.04. The van der Waals surface area contributed by atoms with E-state index in [-0.39, 0.29) is 37.6 Å². The molecule has 0 aliphatic heterocycles. The molecule has 41 heavy (non-hydrogen) atoms. The van der Waals surface area contributed by atoms with Crippen molar-refractivity contribution < 1.29 is 42.9 Å². The van der Waals surface area contributed by atoms with Crippen molar-refractivity contribution >= 4 is 35.5 Å². The monoisotopic (exact) mass is 574 g/mol. The number of rotatable bonds is 12. The number of nitrogen functional groups attached to an aromatic ring is 1. The third-order valence-electron chi connectivity index (χ3n) is 4.07. The molecule has 0 radical (unpaired) electrons. The Kier molecular flexibility index (Phi) is 20.2. The predicted octanol–water partition coefficient (Wildman–Crippen LogP) is 3.20. The number of carbonyl (C=O) groups excluding carboxylic acids is 4. The minimum absolute atomic E-state index is 0.180. The molecule has 0 aliphatic rings. The van der Waals surface area contributed by atoms with Gasteiger partial charge in [-0.15, -0.1) is 0 Å². The van der Waals surface area contributed by atoms with Gasteiger partial charge in [0.15, 0.2) is 11.1 Å². The Morgan fingerprint density at radius 2 is 1.15 bits per heavy atom. The summed E-state index contributed by atoms with van der Waals surface area (Å²) in [5.41, 5.74) is 4.83. The van der Waals surface area contributed by atoms with E-state index in [1.54, 1.807) is 71.3 Å². The summed E-state index contributed by atoms with van der Waals surface area (Å²) in [5.74, 6) is -1.85. The van der Waals surface area contributed by atoms with Crippen molar-refractivity contribution in [3.05, 3.63) is 72.4 Å². The van der Waals surface area contributed by atoms with Crippen LogP contribution in [0.3, 0.4) is 0 Å². The number of nitrogens with two attached hydrogens (primary N) is 1. The minimum atomic E-state index is -0.732. The first-order valence-electron chi connectivity index (χ1n) is 12.8. The van der Waals surface area contributed by atoms with E-state index >= 15 is 0 Å². The Morgan fingerprint density at radius 1 is 0.683 bits per heavy atom. The highest BCUT2D eigenvalue weighted by molar-refractivity contribution is 6.14. The Balaban J connectivity index is 0.000000643. The summed E-state index contributed by atoms with van der Waals surface area (Å²) in [6.45, 7) is 9.48. The summed E-state index contributed by atoms with van der Waals surface area (Å²) in [6.07, 6.45) is 5.55. The molecule has 2 aromatic heterocycles. The average Bonchev–Trinajstić information content (AvgIpc) is 2.96. The zero-order valence-electron chi connectivity index (χ0n) is 24.0. The maximum atomic E-state index is 11.6. The molecule has 13 heteroatoms. The van der Waals surface area contributed by atoms with Gasteiger partial charge in [-0.25, -0.2) is 29.1 Å². The molecule has 0 saturated heterocycles. The van der Waals surface area contributed by atoms with Crippen LogP contribution in [0.25, 0.3) is 0 Å². The molecule has 13 nitrogen and oxygen atoms in total. The maximum Gasteiger partial charge on any atom is 0.348 e. The first-order chi connectivity index (χ1) is 19.7. The Morgan fingerprint density at radius 3 is 1.49 bits per heavy atom. The lowest BCUT2D eigenvalue weighted by Gasteiger charge is -2.07. The van der Waals surface area contributed by atoms with E-state index in [0.29, 0.717) is 18.2 Å². The number of carbonyl (C=O) groups is 4. The van der Waals surface area contributed by atoms with Crippen molar-refractivity contribution in [3.63, 3.8) is 0 Å². The van der Waals surface area contributed by atoms with Gasteiger partial charge in [0.05, 0.1) is 33.0 Å². The number of hydrogen-bond donors (Lipinski definition) is 2. The van der Waals surface area contributed by atoms with Gasteiger partial charge in [-0.1, -0.05) is 12.1 Å². The first-order valence-corrected chi connectivity index (χ1v) is 12.8. The van der Waals surface area contributed by atoms with Crippen molar-refractivity contribution in [1.82, 2.24) is 9.97 Å². The van der Waals surface area contributed by atoms with E-state index in [2.05, 4.69) is 24.8 Å². The smallest absolute Gasteiger partial charge is 0.348 e. The van der Waals surface area contributed by atoms with E-state index in [4.69, 9.17) is 19.9 Å². The molecule has 0 spiro atoms. The molecule has 224 valence electrons. The summed E-state index contributed by atoms with van der Waals surface area (Å²) in [7, 11) is 0. The minimum Gasteiger partial charge on any atom is -0.500 e. The van der Waals surface area contributed by atoms with Crippen LogP contribution in [0.4, 0.5) is 11.6 Å². The fourth-order valence-corrected chi connectivity index (χ4v) is 2.35. The first kappa shape index (κ1) is 36.1. The molecule has 2 heterocycles. The zero-order valence-corrected chi connectivity index (χ0v) is 24.0. The van der Waals surface area contributed by atoms with Gasteiger partial charge in [0.25, 0.3) is 0 Å². The number of esters is 4. The van der Waals surface area contributed by atoms with E-state index in [1.165, 1.54) is 6.20 Å². The Bertz CT molecular complexity index is 1070. The molecular formula is C28H38N4O9. The van der Waals surface area contributed by atoms with Crippen LogP contribution in [0.5, 0.6) is 0 Å². The number of pyridine rings is 2. The third-order valence-corrected chi connectivity index (χ3v) is 4.07. The lowest BCUT2D eigenvalue weighted by atomic mass is 10.3. The normalized spacial score (nSPS) is 9.10. The highest BCUT2D eigenvalue weighted by atomic mass is 16.6. The van der Waals surface area contributed by atoms with Crippen LogP contribution in [0.15, 0.2) is 72.4 Å². The molecule has 0 bridgehead atoms. The van der Waals surface area contributed by atoms with Crippen LogP contribution in [-0.4, -0.2) is 66.9 Å². The quantitative estimate of drug-likeness (QED) is 0.0943. The second-order valence-corrected chi connectivity index (χ2v) is 7.04. The van der Waals surface area contributed by atoms with Crippen LogP contribution >= 0.6 is 0 Å². The zero-order chi connectivity index (χ0) is 30.9. The van der Waals surface area contributed by atoms with Crippen molar-refractivity contribution in [2.45, 2.75) is 34.6 Å². The summed E-state index contributed by atoms with van der Waals surface area (Å²) < 4.78 is 23.8. The lowest BCUT2D eigenvalue weighted by Crippen LogP contribution is -2.19. The number of nitrogens with zero attached hydrogens (tertiary/aromatic N) is 2. The molecule has 0 saturated carbocycles. The van der Waals surface area contributed by atoms with Crippen molar-refractivity contribution in [2.75, 3.05) is 44.1 Å². The Labute approximate surface area is 239 Å². The van der Waals surface area contributed by atoms with Gasteiger partial charge in [-0.2, -0.15) is 0 Å². The molecule has 2 rings (SSSR count). The highest BCUT2D eigenvalue weighted by Gasteiger charge is 2.22. The molecule has 3 N–H and O–H groups in total. The molecule has 0 fully saturated rings. The van der Waals surface area contributed by atoms with Crippen LogP contribution in [0.1, 0.15) is 34.6 Å². The molecule has 2 aromatic rings. The topological polar surface area (TPSA) is 178 Å². The van der Waals surface area contributed by atoms with Gasteiger partial charge in [0.2, 0.25) is 0 Å². The van der Waals surface area contributed by atoms with E-state index in [9.17, 15) is 19.2 Å². The summed E-state index contributed by atoms with van der Waals surface area (Å²) in [6, 6.07) is 10.7. The average molecular weight is 575 g/mol. The number of ether oxygens (including phenoxy) is 5. The number of aromatic nitrogens is 2. The summed E-state index contributed by atoms with van der Waals surface area (Å²) >= 11 is 0. The van der Waals surface area contributed by atoms with Crippen LogP contribution in [-0.2, 0) is 42.9 Å². The largest absolute Gasteiger partial charge is 0.500 e. The van der Waals surface area contributed by atoms with Crippen molar-refractivity contribution in [1.29, 1.82) is 0 Å². The van der Waals surface area contributed by atoms with Gasteiger partial charge in [-0.3, -0.25) is 0 Å². The Hall–Kier alpha value is -4.94. The summed E-state index contributed by atoms with van der Waals surface area (Å²) in [4.78, 5) is 53.6. The SMILES string of the molecule is CCOC(=O)C(=CNc1ccccn1)C(=O)OCC.CCOC=C(C(=O)OCC)C(=O)OCC.Nc1ccccn1. The lowest BCUT2D eigenvalue weighted by molar-refractivity contribution is -0.148. The van der Waals surface area contributed by atoms with Crippen LogP contribution < -0.4 is 11.1 Å². The molecule has 0 atom stereocenters. The highest BCUT2D eigenvalue weighted by Crippen LogP contribution is 2.06. The van der Waals surface area contributed by atoms with Gasteiger partial charge in [-0.05, 0) is 58.9 Å². The fourth-order valence-electron chi connectivity index (χ4n) is 2.35. The van der Waals surface area contributed by atoms with Crippen LogP contribution in [0.2, 0.25) is 0 Å². The molecule has 0 aromatic carbocycles. The third kappa shape index (κ3) is 16.6. The standard InChI is InChI=1S/C13H16N2O4.C10H16O5.C5H6N2/c1-3-18-12(16)10(13(17)19-4-2)9-15-11-7-5-6-8-14-11;1-4-13-7-8(9(11)14-5-2)10(12)15-6-3;6-5-3-1-2-4-7-5/h5-9H,3-4H2,1-2H3,(H,14,15);7H,4-6H2,1-3H3;1-4H,(H2,6,7). The van der Waals surface area contributed by atoms with Crippen molar-refractivity contribution in [2.24, 2.45) is 0 Å². The predicted molar refractivity (Wildman–Crippen MR) is 151 cm³/mol. The van der Waals surface area contributed by atoms with Gasteiger partial charge in [0, 0.05) is 18.6 Å². The van der Waals surface area contributed by atoms with Gasteiger partial charge < -0.3 is 34.7 Å². The molecule has 0 unspecified atom stereocenters. The molecule has 0 aliphatic carbocycles. The van der Waals surface area contributed by atoms with Gasteiger partial charge in [0.1, 0.15) is 17.9 Å². The van der Waals surface area contributed by atoms with Gasteiger partial charge >= 0.3 is 23.9 Å². The number of hydrogen-bond acceptors (Lipinski definition) is 13. The van der Waals surface area contributed by atoms with E-state index in [0.717, 1.165) is 6.26 Å². The summed E-state index contributed by atoms with van der Waals surface area (Å²) in [5, 5.41) is 2.75. The number of anilines is 2. The second kappa shape index (κ2) is 23.0. The van der Waals surface area contributed by atoms with Crippen LogP contribution in [0, 0.1) is 0 Å². The van der Waals surface area contributed by atoms with Crippen molar-refractivity contribution in [3.8, 4) is 0 Å². The fraction of sp³-hybridized carbons (Fsp3) is 0.357. The molecular weight excluding hydrogens is 536 g/mol. The number of nitrogens with one attached hydrogen (secondary N) is 1. The van der Waals surface area contributed by atoms with E-state index < -0.39 is 23.9 Å². The van der Waals surface area contributed by atoms with E-state index in [1.807, 2.05) is 12.1 Å². The molecule has 0 amide bonds. The maximum absolute atomic E-state index is 11.6.